The molecule has 1 aliphatic heterocycles. The number of halogens is 3. The van der Waals surface area contributed by atoms with Crippen LogP contribution in [0.15, 0.2) is 29.3 Å². The summed E-state index contributed by atoms with van der Waals surface area (Å²) >= 11 is 0. The molecule has 7 heteroatoms. The minimum absolute atomic E-state index is 0.0900. The zero-order chi connectivity index (χ0) is 16.1. The number of hydrogen-bond donors (Lipinski definition) is 1. The molecule has 1 aromatic carbocycles. The molecule has 1 aromatic heterocycles. The van der Waals surface area contributed by atoms with E-state index >= 15 is 0 Å². The van der Waals surface area contributed by atoms with E-state index in [2.05, 4.69) is 15.3 Å². The van der Waals surface area contributed by atoms with Crippen molar-refractivity contribution in [2.75, 3.05) is 12.4 Å². The third kappa shape index (κ3) is 2.26. The van der Waals surface area contributed by atoms with Gasteiger partial charge in [0.1, 0.15) is 5.66 Å². The SMILES string of the molecule is COc1nc2ccccc2c2c1C(C(F)(F)F)=NC(C)(C)N2. The van der Waals surface area contributed by atoms with Gasteiger partial charge >= 0.3 is 6.18 Å². The highest BCUT2D eigenvalue weighted by Crippen LogP contribution is 2.42. The fourth-order valence-corrected chi connectivity index (χ4v) is 2.56. The lowest BCUT2D eigenvalue weighted by Crippen LogP contribution is -2.40. The molecule has 0 bridgehead atoms. The largest absolute Gasteiger partial charge is 0.480 e. The monoisotopic (exact) mass is 309 g/mol. The molecule has 0 aliphatic carbocycles. The van der Waals surface area contributed by atoms with Gasteiger partial charge in [-0.1, -0.05) is 18.2 Å². The molecule has 0 atom stereocenters. The third-order valence-electron chi connectivity index (χ3n) is 3.38. The van der Waals surface area contributed by atoms with Gasteiger partial charge in [0.25, 0.3) is 0 Å². The number of benzene rings is 1. The number of nitrogens with one attached hydrogen (secondary N) is 1. The molecule has 1 N–H and O–H groups in total. The minimum Gasteiger partial charge on any atom is -0.480 e. The number of hydrogen-bond acceptors (Lipinski definition) is 4. The van der Waals surface area contributed by atoms with Crippen LogP contribution in [0.5, 0.6) is 5.88 Å². The molecule has 0 fully saturated rings. The first kappa shape index (κ1) is 14.6. The molecule has 2 aromatic rings. The molecule has 3 rings (SSSR count). The molecule has 4 nitrogen and oxygen atoms in total. The minimum atomic E-state index is -4.59. The molecule has 116 valence electrons. The number of aliphatic imine (C=N–C) groups is 1. The number of para-hydroxylation sites is 1. The van der Waals surface area contributed by atoms with E-state index < -0.39 is 17.6 Å². The average Bonchev–Trinajstić information content (AvgIpc) is 2.43. The normalized spacial score (nSPS) is 16.7. The smallest absolute Gasteiger partial charge is 0.433 e. The maximum Gasteiger partial charge on any atom is 0.433 e. The quantitative estimate of drug-likeness (QED) is 0.872. The summed E-state index contributed by atoms with van der Waals surface area (Å²) in [6.45, 7) is 3.17. The number of alkyl halides is 3. The van der Waals surface area contributed by atoms with E-state index in [0.717, 1.165) is 0 Å². The van der Waals surface area contributed by atoms with Crippen molar-refractivity contribution >= 4 is 22.3 Å². The molecule has 2 heterocycles. The summed E-state index contributed by atoms with van der Waals surface area (Å²) in [6, 6.07) is 6.98. The van der Waals surface area contributed by atoms with Crippen LogP contribution in [0.4, 0.5) is 18.9 Å². The Kier molecular flexibility index (Phi) is 3.05. The van der Waals surface area contributed by atoms with Crippen LogP contribution >= 0.6 is 0 Å². The Bertz CT molecular complexity index is 781. The number of nitrogens with zero attached hydrogens (tertiary/aromatic N) is 2. The second-order valence-corrected chi connectivity index (χ2v) is 5.53. The van der Waals surface area contributed by atoms with Gasteiger partial charge < -0.3 is 10.1 Å². The molecule has 0 radical (unpaired) electrons. The predicted molar refractivity (Wildman–Crippen MR) is 78.6 cm³/mol. The summed E-state index contributed by atoms with van der Waals surface area (Å²) in [5.41, 5.74) is -1.29. The number of ether oxygens (including phenoxy) is 1. The van der Waals surface area contributed by atoms with Gasteiger partial charge in [-0.3, -0.25) is 4.99 Å². The van der Waals surface area contributed by atoms with E-state index in [1.165, 1.54) is 7.11 Å². The zero-order valence-electron chi connectivity index (χ0n) is 12.2. The molecule has 0 unspecified atom stereocenters. The van der Waals surface area contributed by atoms with E-state index in [1.807, 2.05) is 0 Å². The van der Waals surface area contributed by atoms with Crippen LogP contribution in [0.25, 0.3) is 10.9 Å². The first-order chi connectivity index (χ1) is 10.2. The predicted octanol–water partition coefficient (Wildman–Crippen LogP) is 3.76. The number of anilines is 1. The van der Waals surface area contributed by atoms with E-state index in [1.54, 1.807) is 38.1 Å². The fourth-order valence-electron chi connectivity index (χ4n) is 2.56. The number of pyridine rings is 1. The Hall–Kier alpha value is -2.31. The maximum atomic E-state index is 13.4. The van der Waals surface area contributed by atoms with Crippen LogP contribution in [-0.4, -0.2) is 29.6 Å². The number of fused-ring (bicyclic) bond motifs is 3. The van der Waals surface area contributed by atoms with Crippen molar-refractivity contribution in [3.63, 3.8) is 0 Å². The summed E-state index contributed by atoms with van der Waals surface area (Å²) in [4.78, 5) is 7.98. The lowest BCUT2D eigenvalue weighted by atomic mass is 9.99. The molecule has 0 saturated carbocycles. The Labute approximate surface area is 125 Å². The van der Waals surface area contributed by atoms with Gasteiger partial charge in [-0.25, -0.2) is 4.98 Å². The summed E-state index contributed by atoms with van der Waals surface area (Å²) in [5, 5.41) is 3.65. The van der Waals surface area contributed by atoms with Crippen LogP contribution in [0.2, 0.25) is 0 Å². The number of methoxy groups -OCH3 is 1. The van der Waals surface area contributed by atoms with Crippen molar-refractivity contribution in [1.82, 2.24) is 4.98 Å². The highest BCUT2D eigenvalue weighted by atomic mass is 19.4. The third-order valence-corrected chi connectivity index (χ3v) is 3.38. The van der Waals surface area contributed by atoms with E-state index in [9.17, 15) is 13.2 Å². The standard InChI is InChI=1S/C15H14F3N3O/c1-14(2)20-11-8-6-4-5-7-9(8)19-13(22-3)10(11)12(21-14)15(16,17)18/h4-7,20H,1-3H3. The van der Waals surface area contributed by atoms with Crippen LogP contribution < -0.4 is 10.1 Å². The van der Waals surface area contributed by atoms with Gasteiger partial charge in [0.05, 0.1) is 23.9 Å². The summed E-state index contributed by atoms with van der Waals surface area (Å²) < 4.78 is 45.4. The van der Waals surface area contributed by atoms with Gasteiger partial charge in [-0.2, -0.15) is 13.2 Å². The van der Waals surface area contributed by atoms with Crippen molar-refractivity contribution in [1.29, 1.82) is 0 Å². The van der Waals surface area contributed by atoms with Gasteiger partial charge in [-0.15, -0.1) is 0 Å². The molecule has 22 heavy (non-hydrogen) atoms. The number of rotatable bonds is 1. The molecule has 1 aliphatic rings. The molecule has 0 saturated heterocycles. The zero-order valence-corrected chi connectivity index (χ0v) is 12.2. The second-order valence-electron chi connectivity index (χ2n) is 5.53. The molecule has 0 amide bonds. The van der Waals surface area contributed by atoms with Crippen LogP contribution in [0.1, 0.15) is 19.4 Å². The van der Waals surface area contributed by atoms with Crippen molar-refractivity contribution in [3.05, 3.63) is 29.8 Å². The van der Waals surface area contributed by atoms with Crippen LogP contribution in [0, 0.1) is 0 Å². The van der Waals surface area contributed by atoms with Gasteiger partial charge in [0.2, 0.25) is 5.88 Å². The lowest BCUT2D eigenvalue weighted by molar-refractivity contribution is -0.0588. The van der Waals surface area contributed by atoms with Gasteiger partial charge in [0, 0.05) is 5.39 Å². The van der Waals surface area contributed by atoms with Crippen molar-refractivity contribution < 1.29 is 17.9 Å². The first-order valence-corrected chi connectivity index (χ1v) is 6.65. The summed E-state index contributed by atoms with van der Waals surface area (Å²) in [6.07, 6.45) is -4.59. The van der Waals surface area contributed by atoms with Crippen molar-refractivity contribution in [3.8, 4) is 5.88 Å². The molecular formula is C15H14F3N3O. The van der Waals surface area contributed by atoms with E-state index in [4.69, 9.17) is 4.74 Å². The molecule has 0 spiro atoms. The summed E-state index contributed by atoms with van der Waals surface area (Å²) in [5.74, 6) is -0.0900. The highest BCUT2D eigenvalue weighted by molar-refractivity contribution is 6.16. The van der Waals surface area contributed by atoms with Gasteiger partial charge in [-0.05, 0) is 19.9 Å². The molecular weight excluding hydrogens is 295 g/mol. The topological polar surface area (TPSA) is 46.5 Å². The van der Waals surface area contributed by atoms with Crippen LogP contribution in [0.3, 0.4) is 0 Å². The fraction of sp³-hybridized carbons (Fsp3) is 0.333. The van der Waals surface area contributed by atoms with Crippen molar-refractivity contribution in [2.24, 2.45) is 4.99 Å². The Morgan fingerprint density at radius 3 is 2.50 bits per heavy atom. The van der Waals surface area contributed by atoms with Crippen LogP contribution in [-0.2, 0) is 0 Å². The maximum absolute atomic E-state index is 13.4. The Morgan fingerprint density at radius 1 is 1.18 bits per heavy atom. The van der Waals surface area contributed by atoms with E-state index in [0.29, 0.717) is 16.6 Å². The lowest BCUT2D eigenvalue weighted by Gasteiger charge is -2.33. The first-order valence-electron chi connectivity index (χ1n) is 6.65. The second kappa shape index (κ2) is 4.59. The Balaban J connectivity index is 2.42. The highest BCUT2D eigenvalue weighted by Gasteiger charge is 2.45. The Morgan fingerprint density at radius 2 is 1.86 bits per heavy atom. The van der Waals surface area contributed by atoms with Gasteiger partial charge in [0.15, 0.2) is 5.71 Å². The number of aromatic nitrogens is 1. The van der Waals surface area contributed by atoms with Crippen molar-refractivity contribution in [2.45, 2.75) is 25.7 Å². The summed E-state index contributed by atoms with van der Waals surface area (Å²) in [7, 11) is 1.30. The average molecular weight is 309 g/mol. The van der Waals surface area contributed by atoms with E-state index in [-0.39, 0.29) is 11.4 Å².